The summed E-state index contributed by atoms with van der Waals surface area (Å²) < 4.78 is 4.80. The molecular weight excluding hydrogens is 174 g/mol. The predicted molar refractivity (Wildman–Crippen MR) is 48.3 cm³/mol. The molecule has 0 fully saturated rings. The second kappa shape index (κ2) is 7.70. The molecule has 78 valence electrons. The molecule has 0 atom stereocenters. The molecule has 0 aromatic carbocycles. The highest BCUT2D eigenvalue weighted by Gasteiger charge is 2.02. The van der Waals surface area contributed by atoms with Crippen molar-refractivity contribution in [2.45, 2.75) is 13.3 Å². The van der Waals surface area contributed by atoms with E-state index in [1.807, 2.05) is 0 Å². The lowest BCUT2D eigenvalue weighted by Crippen LogP contribution is -2.30. The van der Waals surface area contributed by atoms with Gasteiger partial charge < -0.3 is 15.2 Å². The molecule has 0 saturated heterocycles. The number of nitrogens with one attached hydrogen (secondary N) is 1. The molecule has 0 spiro atoms. The fourth-order valence-electron chi connectivity index (χ4n) is 0.606. The number of carbonyl (C=O) groups excluding carboxylic acids is 2. The van der Waals surface area contributed by atoms with Gasteiger partial charge in [0, 0.05) is 14.4 Å². The van der Waals surface area contributed by atoms with Gasteiger partial charge in [-0.05, 0) is 0 Å². The molecule has 0 aliphatic carbocycles. The van der Waals surface area contributed by atoms with E-state index in [0.717, 1.165) is 0 Å². The van der Waals surface area contributed by atoms with Gasteiger partial charge in [0.05, 0.1) is 6.61 Å². The molecule has 0 heterocycles. The summed E-state index contributed by atoms with van der Waals surface area (Å²) in [5.74, 6) is -0.354. The van der Waals surface area contributed by atoms with E-state index in [0.29, 0.717) is 6.42 Å². The van der Waals surface area contributed by atoms with Gasteiger partial charge in [-0.3, -0.25) is 9.59 Å². The van der Waals surface area contributed by atoms with Crippen molar-refractivity contribution >= 4 is 11.7 Å². The summed E-state index contributed by atoms with van der Waals surface area (Å²) in [6, 6.07) is 0. The van der Waals surface area contributed by atoms with E-state index in [-0.39, 0.29) is 39.5 Å². The molecule has 2 N–H and O–H groups in total. The molecule has 0 radical (unpaired) electrons. The zero-order chi connectivity index (χ0) is 10.1. The zero-order valence-electron chi connectivity index (χ0n) is 7.71. The number of ketones is 1. The lowest BCUT2D eigenvalue weighted by atomic mass is 10.3. The van der Waals surface area contributed by atoms with Crippen molar-refractivity contribution in [3.05, 3.63) is 0 Å². The normalized spacial score (nSPS) is 9.69. The molecule has 0 saturated carbocycles. The van der Waals surface area contributed by atoms with Gasteiger partial charge in [-0.2, -0.15) is 0 Å². The average Bonchev–Trinajstić information content (AvgIpc) is 2.14. The first-order valence-electron chi connectivity index (χ1n) is 4.17. The van der Waals surface area contributed by atoms with Crippen molar-refractivity contribution in [2.24, 2.45) is 0 Å². The molecular formula is C8H17NO4. The van der Waals surface area contributed by atoms with Crippen LogP contribution in [0.2, 0.25) is 0 Å². The van der Waals surface area contributed by atoms with Crippen LogP contribution in [0.1, 0.15) is 14.8 Å². The second-order valence-corrected chi connectivity index (χ2v) is 2.46. The predicted octanol–water partition coefficient (Wildman–Crippen LogP) is -0.663. The monoisotopic (exact) mass is 191 g/mol. The average molecular weight is 191 g/mol. The smallest absolute Gasteiger partial charge is 0.246 e. The van der Waals surface area contributed by atoms with Gasteiger partial charge in [0.25, 0.3) is 0 Å². The van der Waals surface area contributed by atoms with Crippen molar-refractivity contribution in [1.29, 1.82) is 0 Å². The number of carbonyl (C=O) groups is 2. The highest BCUT2D eigenvalue weighted by atomic mass is 16.5. The quantitative estimate of drug-likeness (QED) is 0.560. The van der Waals surface area contributed by atoms with Gasteiger partial charge >= 0.3 is 0 Å². The van der Waals surface area contributed by atoms with Crippen LogP contribution in [-0.4, -0.2) is 43.2 Å². The van der Waals surface area contributed by atoms with Crippen molar-refractivity contribution in [2.75, 3.05) is 26.4 Å². The Kier molecular flexibility index (Phi) is 7.14. The highest BCUT2D eigenvalue weighted by molar-refractivity contribution is 5.80. The Balaban J connectivity index is 0. The third kappa shape index (κ3) is 7.42. The first kappa shape index (κ1) is 12.1. The molecule has 5 heteroatoms. The largest absolute Gasteiger partial charge is 0.395 e. The Morgan fingerprint density at radius 2 is 2.15 bits per heavy atom. The Morgan fingerprint density at radius 1 is 1.46 bits per heavy atom. The number of ether oxygens (including phenoxy) is 1. The van der Waals surface area contributed by atoms with Crippen molar-refractivity contribution < 1.29 is 20.9 Å². The first-order valence-corrected chi connectivity index (χ1v) is 4.17. The minimum Gasteiger partial charge on any atom is -0.395 e. The van der Waals surface area contributed by atoms with Crippen LogP contribution in [0.4, 0.5) is 0 Å². The van der Waals surface area contributed by atoms with Crippen LogP contribution in [0.15, 0.2) is 0 Å². The molecule has 0 aliphatic rings. The number of hydrogen-bond donors (Lipinski definition) is 2. The molecule has 0 aromatic rings. The Hall–Kier alpha value is -0.940. The maximum Gasteiger partial charge on any atom is 0.246 e. The summed E-state index contributed by atoms with van der Waals surface area (Å²) in [7, 11) is 0. The Bertz CT molecular complexity index is 175. The third-order valence-electron chi connectivity index (χ3n) is 1.32. The lowest BCUT2D eigenvalue weighted by Gasteiger charge is -2.03. The minimum absolute atomic E-state index is 0. The molecule has 0 rings (SSSR count). The third-order valence-corrected chi connectivity index (χ3v) is 1.32. The van der Waals surface area contributed by atoms with Crippen LogP contribution < -0.4 is 5.32 Å². The number of Topliss-reactive ketones (excluding diaryl/α,β-unsaturated/α-hetero) is 1. The van der Waals surface area contributed by atoms with Crippen molar-refractivity contribution in [3.8, 4) is 0 Å². The number of amides is 1. The summed E-state index contributed by atoms with van der Waals surface area (Å²) >= 11 is 0. The maximum absolute atomic E-state index is 10.8. The van der Waals surface area contributed by atoms with E-state index in [2.05, 4.69) is 5.32 Å². The van der Waals surface area contributed by atoms with Crippen LogP contribution in [0.5, 0.6) is 0 Å². The molecule has 0 aliphatic heterocycles. The molecule has 0 aromatic heterocycles. The van der Waals surface area contributed by atoms with Gasteiger partial charge in [-0.15, -0.1) is 0 Å². The Labute approximate surface area is 78.6 Å². The zero-order valence-corrected chi connectivity index (χ0v) is 7.71. The minimum atomic E-state index is -0.321. The van der Waals surface area contributed by atoms with Crippen LogP contribution >= 0.6 is 0 Å². The Morgan fingerprint density at radius 3 is 2.69 bits per heavy atom. The van der Waals surface area contributed by atoms with Crippen molar-refractivity contribution in [3.63, 3.8) is 0 Å². The summed E-state index contributed by atoms with van der Waals surface area (Å²) in [6.45, 7) is 1.69. The standard InChI is InChI=1S/C8H15NO4.H2/c1-2-7(11)5-13-6-8(12)9-3-4-10;/h10H,2-6H2,1H3,(H,9,12);1H. The summed E-state index contributed by atoms with van der Waals surface area (Å²) in [4.78, 5) is 21.5. The number of aliphatic hydroxyl groups excluding tert-OH is 1. The van der Waals surface area contributed by atoms with E-state index < -0.39 is 0 Å². The van der Waals surface area contributed by atoms with Gasteiger partial charge in [0.2, 0.25) is 5.91 Å². The SMILES string of the molecule is CCC(=O)COCC(=O)NCCO.[HH]. The van der Waals surface area contributed by atoms with E-state index in [4.69, 9.17) is 9.84 Å². The molecule has 0 bridgehead atoms. The van der Waals surface area contributed by atoms with Gasteiger partial charge in [0.15, 0.2) is 5.78 Å². The van der Waals surface area contributed by atoms with Crippen molar-refractivity contribution in [1.82, 2.24) is 5.32 Å². The molecule has 0 unspecified atom stereocenters. The van der Waals surface area contributed by atoms with Crippen LogP contribution in [0.25, 0.3) is 0 Å². The lowest BCUT2D eigenvalue weighted by molar-refractivity contribution is -0.129. The summed E-state index contributed by atoms with van der Waals surface area (Å²) in [6.07, 6.45) is 0.415. The van der Waals surface area contributed by atoms with Crippen LogP contribution in [-0.2, 0) is 14.3 Å². The highest BCUT2D eigenvalue weighted by Crippen LogP contribution is 1.82. The second-order valence-electron chi connectivity index (χ2n) is 2.46. The van der Waals surface area contributed by atoms with Gasteiger partial charge in [-0.25, -0.2) is 0 Å². The van der Waals surface area contributed by atoms with Gasteiger partial charge in [0.1, 0.15) is 13.2 Å². The van der Waals surface area contributed by atoms with E-state index >= 15 is 0 Å². The van der Waals surface area contributed by atoms with Crippen LogP contribution in [0, 0.1) is 0 Å². The van der Waals surface area contributed by atoms with E-state index in [1.54, 1.807) is 6.92 Å². The van der Waals surface area contributed by atoms with Gasteiger partial charge in [-0.1, -0.05) is 6.92 Å². The summed E-state index contributed by atoms with van der Waals surface area (Å²) in [5.41, 5.74) is 0. The molecule has 1 amide bonds. The number of hydrogen-bond acceptors (Lipinski definition) is 4. The van der Waals surface area contributed by atoms with E-state index in [9.17, 15) is 9.59 Å². The summed E-state index contributed by atoms with van der Waals surface area (Å²) in [5, 5.41) is 10.8. The number of rotatable bonds is 7. The first-order chi connectivity index (χ1) is 6.20. The molecule has 13 heavy (non-hydrogen) atoms. The maximum atomic E-state index is 10.8. The molecule has 5 nitrogen and oxygen atoms in total. The van der Waals surface area contributed by atoms with E-state index in [1.165, 1.54) is 0 Å². The van der Waals surface area contributed by atoms with Crippen LogP contribution in [0.3, 0.4) is 0 Å². The fourth-order valence-corrected chi connectivity index (χ4v) is 0.606. The topological polar surface area (TPSA) is 75.6 Å². The fraction of sp³-hybridized carbons (Fsp3) is 0.750. The number of aliphatic hydroxyl groups is 1.